The molecule has 0 aliphatic heterocycles. The number of aromatic nitrogens is 1. The van der Waals surface area contributed by atoms with Crippen LogP contribution in [0.5, 0.6) is 0 Å². The molecular weight excluding hydrogens is 330 g/mol. The molecule has 0 saturated heterocycles. The number of carbonyl (C=O) groups is 1. The van der Waals surface area contributed by atoms with Gasteiger partial charge in [0.1, 0.15) is 5.82 Å². The number of pyridine rings is 1. The lowest BCUT2D eigenvalue weighted by molar-refractivity contribution is 0.0905. The molecule has 4 nitrogen and oxygen atoms in total. The molecule has 0 radical (unpaired) electrons. The third kappa shape index (κ3) is 4.19. The monoisotopic (exact) mass is 353 g/mol. The highest BCUT2D eigenvalue weighted by atomic mass is 79.9. The van der Waals surface area contributed by atoms with Crippen LogP contribution in [-0.2, 0) is 0 Å². The molecule has 1 aliphatic rings. The van der Waals surface area contributed by atoms with Crippen molar-refractivity contribution in [1.82, 2.24) is 10.3 Å². The summed E-state index contributed by atoms with van der Waals surface area (Å²) >= 11 is 3.40. The number of nitrogens with zero attached hydrogens (tertiary/aromatic N) is 1. The van der Waals surface area contributed by atoms with Crippen molar-refractivity contribution >= 4 is 27.7 Å². The Morgan fingerprint density at radius 2 is 2.14 bits per heavy atom. The maximum Gasteiger partial charge on any atom is 0.255 e. The van der Waals surface area contributed by atoms with Crippen LogP contribution in [0.25, 0.3) is 0 Å². The first-order chi connectivity index (χ1) is 10.2. The maximum absolute atomic E-state index is 12.6. The molecule has 2 rings (SSSR count). The van der Waals surface area contributed by atoms with Crippen LogP contribution < -0.4 is 10.6 Å². The van der Waals surface area contributed by atoms with E-state index in [-0.39, 0.29) is 5.91 Å². The Balaban J connectivity index is 2.13. The van der Waals surface area contributed by atoms with E-state index in [1.807, 2.05) is 13.0 Å². The molecule has 21 heavy (non-hydrogen) atoms. The second-order valence-corrected chi connectivity index (χ2v) is 6.53. The summed E-state index contributed by atoms with van der Waals surface area (Å²) in [6.07, 6.45) is 7.64. The van der Waals surface area contributed by atoms with Crippen molar-refractivity contribution in [3.05, 3.63) is 22.3 Å². The number of amides is 1. The number of halogens is 1. The maximum atomic E-state index is 12.6. The topological polar surface area (TPSA) is 54.0 Å². The lowest BCUT2D eigenvalue weighted by Crippen LogP contribution is -2.42. The van der Waals surface area contributed by atoms with Gasteiger partial charge in [-0.3, -0.25) is 4.79 Å². The van der Waals surface area contributed by atoms with Gasteiger partial charge in [-0.15, -0.1) is 0 Å². The predicted molar refractivity (Wildman–Crippen MR) is 89.6 cm³/mol. The number of hydrogen-bond acceptors (Lipinski definition) is 3. The van der Waals surface area contributed by atoms with Crippen LogP contribution in [0.3, 0.4) is 0 Å². The van der Waals surface area contributed by atoms with Gasteiger partial charge in [-0.05, 0) is 47.7 Å². The lowest BCUT2D eigenvalue weighted by atomic mass is 9.83. The van der Waals surface area contributed by atoms with Crippen molar-refractivity contribution in [2.75, 3.05) is 11.9 Å². The molecule has 0 spiro atoms. The lowest BCUT2D eigenvalue weighted by Gasteiger charge is -2.31. The van der Waals surface area contributed by atoms with E-state index < -0.39 is 0 Å². The largest absolute Gasteiger partial charge is 0.370 e. The van der Waals surface area contributed by atoms with E-state index in [4.69, 9.17) is 0 Å². The zero-order valence-electron chi connectivity index (χ0n) is 12.8. The van der Waals surface area contributed by atoms with Crippen molar-refractivity contribution in [3.63, 3.8) is 0 Å². The minimum absolute atomic E-state index is 0.0231. The Hall–Kier alpha value is -1.10. The molecule has 1 aromatic heterocycles. The summed E-state index contributed by atoms with van der Waals surface area (Å²) in [6.45, 7) is 4.95. The molecule has 5 heteroatoms. The molecule has 116 valence electrons. The highest BCUT2D eigenvalue weighted by molar-refractivity contribution is 9.10. The van der Waals surface area contributed by atoms with Crippen LogP contribution in [0.4, 0.5) is 5.82 Å². The molecular formula is C16H24BrN3O. The van der Waals surface area contributed by atoms with Crippen molar-refractivity contribution in [2.45, 2.75) is 52.0 Å². The summed E-state index contributed by atoms with van der Waals surface area (Å²) in [6, 6.07) is 2.13. The van der Waals surface area contributed by atoms with Gasteiger partial charge >= 0.3 is 0 Å². The Morgan fingerprint density at radius 3 is 2.86 bits per heavy atom. The molecule has 1 aliphatic carbocycles. The van der Waals surface area contributed by atoms with E-state index >= 15 is 0 Å². The van der Waals surface area contributed by atoms with E-state index in [9.17, 15) is 4.79 Å². The van der Waals surface area contributed by atoms with Crippen molar-refractivity contribution in [1.29, 1.82) is 0 Å². The minimum Gasteiger partial charge on any atom is -0.370 e. The number of nitrogens with one attached hydrogen (secondary N) is 2. The van der Waals surface area contributed by atoms with Crippen LogP contribution >= 0.6 is 15.9 Å². The molecule has 1 heterocycles. The first kappa shape index (κ1) is 16.3. The normalized spacial score (nSPS) is 21.9. The Labute approximate surface area is 135 Å². The first-order valence-electron chi connectivity index (χ1n) is 7.86. The number of hydrogen-bond donors (Lipinski definition) is 2. The zero-order valence-corrected chi connectivity index (χ0v) is 14.4. The van der Waals surface area contributed by atoms with E-state index in [0.717, 1.165) is 23.9 Å². The minimum atomic E-state index is -0.0231. The second kappa shape index (κ2) is 7.78. The predicted octanol–water partition coefficient (Wildman–Crippen LogP) is 3.97. The van der Waals surface area contributed by atoms with E-state index in [0.29, 0.717) is 23.3 Å². The SMILES string of the molecule is CCNc1ncc(Br)cc1C(=O)NC1CCCCC1CC. The third-order valence-corrected chi connectivity index (χ3v) is 4.63. The summed E-state index contributed by atoms with van der Waals surface area (Å²) in [7, 11) is 0. The van der Waals surface area contributed by atoms with Crippen molar-refractivity contribution in [2.24, 2.45) is 5.92 Å². The average molecular weight is 354 g/mol. The Bertz CT molecular complexity index is 492. The molecule has 1 aromatic rings. The summed E-state index contributed by atoms with van der Waals surface area (Å²) in [5, 5.41) is 6.38. The summed E-state index contributed by atoms with van der Waals surface area (Å²) in [4.78, 5) is 16.9. The van der Waals surface area contributed by atoms with Gasteiger partial charge in [-0.2, -0.15) is 0 Å². The molecule has 1 fully saturated rings. The molecule has 0 bridgehead atoms. The van der Waals surface area contributed by atoms with Crippen molar-refractivity contribution < 1.29 is 4.79 Å². The van der Waals surface area contributed by atoms with Gasteiger partial charge in [0.15, 0.2) is 0 Å². The van der Waals surface area contributed by atoms with Gasteiger partial charge in [0.25, 0.3) is 5.91 Å². The first-order valence-corrected chi connectivity index (χ1v) is 8.65. The van der Waals surface area contributed by atoms with Crippen LogP contribution in [0.2, 0.25) is 0 Å². The van der Waals surface area contributed by atoms with Crippen LogP contribution in [-0.4, -0.2) is 23.5 Å². The number of carbonyl (C=O) groups excluding carboxylic acids is 1. The number of rotatable bonds is 5. The fourth-order valence-corrected chi connectivity index (χ4v) is 3.38. The third-order valence-electron chi connectivity index (χ3n) is 4.19. The Morgan fingerprint density at radius 1 is 1.38 bits per heavy atom. The molecule has 0 aromatic carbocycles. The summed E-state index contributed by atoms with van der Waals surface area (Å²) in [5.74, 6) is 1.23. The Kier molecular flexibility index (Phi) is 6.03. The number of anilines is 1. The quantitative estimate of drug-likeness (QED) is 0.841. The van der Waals surface area contributed by atoms with E-state index in [2.05, 4.69) is 38.5 Å². The van der Waals surface area contributed by atoms with Gasteiger partial charge in [0, 0.05) is 23.3 Å². The summed E-state index contributed by atoms with van der Waals surface area (Å²) < 4.78 is 0.824. The fraction of sp³-hybridized carbons (Fsp3) is 0.625. The zero-order chi connectivity index (χ0) is 15.2. The van der Waals surface area contributed by atoms with E-state index in [1.54, 1.807) is 6.20 Å². The van der Waals surface area contributed by atoms with Crippen molar-refractivity contribution in [3.8, 4) is 0 Å². The van der Waals surface area contributed by atoms with Crippen LogP contribution in [0.1, 0.15) is 56.3 Å². The smallest absolute Gasteiger partial charge is 0.255 e. The van der Waals surface area contributed by atoms with Gasteiger partial charge in [0.05, 0.1) is 5.56 Å². The van der Waals surface area contributed by atoms with Crippen LogP contribution in [0.15, 0.2) is 16.7 Å². The fourth-order valence-electron chi connectivity index (χ4n) is 3.05. The van der Waals surface area contributed by atoms with Gasteiger partial charge < -0.3 is 10.6 Å². The molecule has 1 saturated carbocycles. The van der Waals surface area contributed by atoms with E-state index in [1.165, 1.54) is 19.3 Å². The van der Waals surface area contributed by atoms with Gasteiger partial charge in [-0.1, -0.05) is 26.2 Å². The second-order valence-electron chi connectivity index (χ2n) is 5.61. The average Bonchev–Trinajstić information content (AvgIpc) is 2.49. The highest BCUT2D eigenvalue weighted by Gasteiger charge is 2.26. The highest BCUT2D eigenvalue weighted by Crippen LogP contribution is 2.27. The standard InChI is InChI=1S/C16H24BrN3O/c1-3-11-7-5-6-8-14(11)20-16(21)13-9-12(17)10-19-15(13)18-4-2/h9-11,14H,3-8H2,1-2H3,(H,18,19)(H,20,21). The summed E-state index contributed by atoms with van der Waals surface area (Å²) in [5.41, 5.74) is 0.617. The van der Waals surface area contributed by atoms with Gasteiger partial charge in [0.2, 0.25) is 0 Å². The van der Waals surface area contributed by atoms with Gasteiger partial charge in [-0.25, -0.2) is 4.98 Å². The van der Waals surface area contributed by atoms with Crippen LogP contribution in [0, 0.1) is 5.92 Å². The molecule has 2 unspecified atom stereocenters. The molecule has 2 N–H and O–H groups in total. The molecule has 2 atom stereocenters. The molecule has 1 amide bonds.